The van der Waals surface area contributed by atoms with E-state index in [1.807, 2.05) is 32.0 Å². The Bertz CT molecular complexity index is 908. The first kappa shape index (κ1) is 22.9. The van der Waals surface area contributed by atoms with Crippen LogP contribution >= 0.6 is 11.3 Å². The van der Waals surface area contributed by atoms with Crippen molar-refractivity contribution in [2.75, 3.05) is 16.8 Å². The Balaban J connectivity index is 1.67. The second kappa shape index (κ2) is 11.0. The molecule has 0 unspecified atom stereocenters. The molecule has 1 saturated carbocycles. The monoisotopic (exact) mass is 442 g/mol. The lowest BCUT2D eigenvalue weighted by Gasteiger charge is -2.27. The van der Waals surface area contributed by atoms with Gasteiger partial charge in [-0.3, -0.25) is 14.4 Å². The number of hydrogen-bond donors (Lipinski definition) is 2. The molecule has 31 heavy (non-hydrogen) atoms. The highest BCUT2D eigenvalue weighted by atomic mass is 32.1. The second-order valence-electron chi connectivity index (χ2n) is 7.99. The Morgan fingerprint density at radius 1 is 1.10 bits per heavy atom. The number of carbonyl (C=O) groups excluding carboxylic acids is 3. The van der Waals surface area contributed by atoms with Gasteiger partial charge in [0.25, 0.3) is 0 Å². The van der Waals surface area contributed by atoms with Crippen LogP contribution < -0.4 is 15.5 Å². The van der Waals surface area contributed by atoms with Crippen molar-refractivity contribution in [1.82, 2.24) is 10.3 Å². The highest BCUT2D eigenvalue weighted by Gasteiger charge is 2.24. The van der Waals surface area contributed by atoms with Gasteiger partial charge in [0.15, 0.2) is 5.13 Å². The van der Waals surface area contributed by atoms with E-state index < -0.39 is 0 Å². The Morgan fingerprint density at radius 2 is 1.87 bits per heavy atom. The second-order valence-corrected chi connectivity index (χ2v) is 8.88. The van der Waals surface area contributed by atoms with E-state index in [2.05, 4.69) is 15.6 Å². The number of anilines is 2. The van der Waals surface area contributed by atoms with E-state index in [4.69, 9.17) is 0 Å². The van der Waals surface area contributed by atoms with E-state index in [0.717, 1.165) is 36.8 Å². The van der Waals surface area contributed by atoms with Crippen LogP contribution in [-0.4, -0.2) is 35.3 Å². The molecule has 0 bridgehead atoms. The van der Waals surface area contributed by atoms with Crippen LogP contribution in [0.25, 0.3) is 0 Å². The van der Waals surface area contributed by atoms with E-state index in [1.54, 1.807) is 11.6 Å². The van der Waals surface area contributed by atoms with Gasteiger partial charge in [0.2, 0.25) is 17.7 Å². The Morgan fingerprint density at radius 3 is 2.58 bits per heavy atom. The molecule has 0 saturated heterocycles. The zero-order valence-corrected chi connectivity index (χ0v) is 19.0. The fourth-order valence-corrected chi connectivity index (χ4v) is 4.37. The zero-order chi connectivity index (χ0) is 22.2. The van der Waals surface area contributed by atoms with E-state index >= 15 is 0 Å². The van der Waals surface area contributed by atoms with E-state index in [9.17, 15) is 14.4 Å². The summed E-state index contributed by atoms with van der Waals surface area (Å²) in [5.41, 5.74) is 2.71. The summed E-state index contributed by atoms with van der Waals surface area (Å²) in [7, 11) is 0. The molecule has 2 N–H and O–H groups in total. The summed E-state index contributed by atoms with van der Waals surface area (Å²) < 4.78 is 0. The maximum atomic E-state index is 13.1. The quantitative estimate of drug-likeness (QED) is 0.647. The number of nitrogens with one attached hydrogen (secondary N) is 2. The largest absolute Gasteiger partial charge is 0.352 e. The van der Waals surface area contributed by atoms with Gasteiger partial charge < -0.3 is 15.5 Å². The summed E-state index contributed by atoms with van der Waals surface area (Å²) in [5, 5.41) is 8.06. The minimum Gasteiger partial charge on any atom is -0.352 e. The molecule has 1 aliphatic carbocycles. The minimum absolute atomic E-state index is 0.0152. The lowest BCUT2D eigenvalue weighted by Crippen LogP contribution is -2.45. The molecule has 2 aromatic rings. The predicted octanol–water partition coefficient (Wildman–Crippen LogP) is 3.96. The molecule has 1 aromatic heterocycles. The topological polar surface area (TPSA) is 91.4 Å². The van der Waals surface area contributed by atoms with Crippen molar-refractivity contribution in [3.63, 3.8) is 0 Å². The van der Waals surface area contributed by atoms with Crippen molar-refractivity contribution in [3.8, 4) is 0 Å². The van der Waals surface area contributed by atoms with Crippen LogP contribution in [0.1, 0.15) is 56.1 Å². The normalized spacial score (nSPS) is 14.1. The molecule has 1 aromatic carbocycles. The van der Waals surface area contributed by atoms with Crippen LogP contribution in [0.5, 0.6) is 0 Å². The van der Waals surface area contributed by atoms with Crippen molar-refractivity contribution < 1.29 is 14.4 Å². The highest BCUT2D eigenvalue weighted by Crippen LogP contribution is 2.24. The van der Waals surface area contributed by atoms with Crippen molar-refractivity contribution >= 4 is 39.9 Å². The molecule has 0 atom stereocenters. The lowest BCUT2D eigenvalue weighted by atomic mass is 9.95. The van der Waals surface area contributed by atoms with Crippen molar-refractivity contribution in [2.45, 2.75) is 64.8 Å². The van der Waals surface area contributed by atoms with E-state index in [-0.39, 0.29) is 43.1 Å². The maximum Gasteiger partial charge on any atom is 0.240 e. The van der Waals surface area contributed by atoms with Crippen LogP contribution in [0.3, 0.4) is 0 Å². The molecule has 3 amide bonds. The molecule has 8 heteroatoms. The molecule has 1 aliphatic rings. The summed E-state index contributed by atoms with van der Waals surface area (Å²) in [6, 6.07) is 5.89. The number of aryl methyl sites for hydroxylation is 1. The summed E-state index contributed by atoms with van der Waals surface area (Å²) in [6.45, 7) is 3.87. The van der Waals surface area contributed by atoms with Gasteiger partial charge in [0.05, 0.1) is 0 Å². The molecule has 0 radical (unpaired) electrons. The van der Waals surface area contributed by atoms with Gasteiger partial charge in [-0.15, -0.1) is 11.3 Å². The maximum absolute atomic E-state index is 13.1. The fourth-order valence-electron chi connectivity index (χ4n) is 3.82. The van der Waals surface area contributed by atoms with Crippen LogP contribution in [-0.2, 0) is 14.4 Å². The van der Waals surface area contributed by atoms with Gasteiger partial charge in [-0.1, -0.05) is 31.4 Å². The van der Waals surface area contributed by atoms with Gasteiger partial charge in [0, 0.05) is 36.1 Å². The molecular formula is C23H30N4O3S. The summed E-state index contributed by atoms with van der Waals surface area (Å²) in [6.07, 6.45) is 7.09. The third-order valence-electron chi connectivity index (χ3n) is 5.68. The number of amides is 3. The molecular weight excluding hydrogens is 412 g/mol. The molecule has 1 heterocycles. The van der Waals surface area contributed by atoms with Gasteiger partial charge in [-0.05, 0) is 43.9 Å². The molecule has 7 nitrogen and oxygen atoms in total. The van der Waals surface area contributed by atoms with Crippen LogP contribution in [0.4, 0.5) is 10.8 Å². The molecule has 0 spiro atoms. The minimum atomic E-state index is -0.268. The van der Waals surface area contributed by atoms with Crippen LogP contribution in [0.2, 0.25) is 0 Å². The number of thiazole rings is 1. The first-order valence-electron chi connectivity index (χ1n) is 10.8. The first-order chi connectivity index (χ1) is 14.9. The number of aromatic nitrogens is 1. The molecule has 166 valence electrons. The predicted molar refractivity (Wildman–Crippen MR) is 123 cm³/mol. The Hall–Kier alpha value is -2.74. The number of benzene rings is 1. The molecule has 0 aliphatic heterocycles. The highest BCUT2D eigenvalue weighted by molar-refractivity contribution is 7.13. The zero-order valence-electron chi connectivity index (χ0n) is 18.1. The summed E-state index contributed by atoms with van der Waals surface area (Å²) in [4.78, 5) is 43.6. The van der Waals surface area contributed by atoms with Gasteiger partial charge in [-0.25, -0.2) is 4.98 Å². The molecule has 3 rings (SSSR count). The number of rotatable bonds is 8. The number of hydrogen-bond acceptors (Lipinski definition) is 5. The fraction of sp³-hybridized carbons (Fsp3) is 0.478. The van der Waals surface area contributed by atoms with Gasteiger partial charge in [-0.2, -0.15) is 0 Å². The standard InChI is InChI=1S/C23H30N4O3S/c1-16-7-6-10-19(17(16)2)27(15-21(29)25-18-8-4-3-5-9-18)22(30)12-11-20(28)26-23-24-13-14-31-23/h6-7,10,13-14,18H,3-5,8-9,11-12,15H2,1-2H3,(H,25,29)(H,24,26,28). The SMILES string of the molecule is Cc1cccc(N(CC(=O)NC2CCCCC2)C(=O)CCC(=O)Nc2nccs2)c1C. The van der Waals surface area contributed by atoms with Crippen molar-refractivity contribution in [1.29, 1.82) is 0 Å². The first-order valence-corrected chi connectivity index (χ1v) is 11.7. The van der Waals surface area contributed by atoms with E-state index in [1.165, 1.54) is 22.7 Å². The van der Waals surface area contributed by atoms with Crippen LogP contribution in [0.15, 0.2) is 29.8 Å². The molecule has 1 fully saturated rings. The van der Waals surface area contributed by atoms with Crippen molar-refractivity contribution in [2.24, 2.45) is 0 Å². The average Bonchev–Trinajstić information content (AvgIpc) is 3.26. The third-order valence-corrected chi connectivity index (χ3v) is 6.37. The third kappa shape index (κ3) is 6.62. The van der Waals surface area contributed by atoms with Crippen molar-refractivity contribution in [3.05, 3.63) is 40.9 Å². The average molecular weight is 443 g/mol. The summed E-state index contributed by atoms with van der Waals surface area (Å²) in [5.74, 6) is -0.675. The number of nitrogens with zero attached hydrogens (tertiary/aromatic N) is 2. The lowest BCUT2D eigenvalue weighted by molar-refractivity contribution is -0.125. The van der Waals surface area contributed by atoms with E-state index in [0.29, 0.717) is 10.8 Å². The number of carbonyl (C=O) groups is 3. The summed E-state index contributed by atoms with van der Waals surface area (Å²) >= 11 is 1.33. The smallest absolute Gasteiger partial charge is 0.240 e. The Kier molecular flexibility index (Phi) is 8.17. The van der Waals surface area contributed by atoms with Gasteiger partial charge in [0.1, 0.15) is 6.54 Å². The van der Waals surface area contributed by atoms with Gasteiger partial charge >= 0.3 is 0 Å². The Labute approximate surface area is 187 Å². The van der Waals surface area contributed by atoms with Crippen LogP contribution in [0, 0.1) is 13.8 Å².